The van der Waals surface area contributed by atoms with E-state index in [0.29, 0.717) is 25.3 Å². The first-order valence-electron chi connectivity index (χ1n) is 6.35. The van der Waals surface area contributed by atoms with Crippen LogP contribution in [0.25, 0.3) is 0 Å². The zero-order valence-electron chi connectivity index (χ0n) is 11.0. The fraction of sp³-hybridized carbons (Fsp3) is 0.231. The monoisotopic (exact) mass is 288 g/mol. The van der Waals surface area contributed by atoms with Crippen LogP contribution >= 0.6 is 0 Å². The molecule has 0 saturated carbocycles. The molecule has 108 valence electrons. The summed E-state index contributed by atoms with van der Waals surface area (Å²) < 4.78 is 5.32. The summed E-state index contributed by atoms with van der Waals surface area (Å²) in [6, 6.07) is 5.75. The van der Waals surface area contributed by atoms with Gasteiger partial charge < -0.3 is 10.1 Å². The number of aromatic amines is 1. The van der Waals surface area contributed by atoms with Crippen LogP contribution in [-0.4, -0.2) is 27.6 Å². The fourth-order valence-corrected chi connectivity index (χ4v) is 2.19. The average molecular weight is 288 g/mol. The number of nitrogens with zero attached hydrogens (tertiary/aromatic N) is 2. The second-order valence-corrected chi connectivity index (χ2v) is 4.59. The van der Waals surface area contributed by atoms with Gasteiger partial charge in [0.05, 0.1) is 18.1 Å². The van der Waals surface area contributed by atoms with E-state index >= 15 is 0 Å². The molecule has 0 spiro atoms. The van der Waals surface area contributed by atoms with Gasteiger partial charge in [0, 0.05) is 35.5 Å². The van der Waals surface area contributed by atoms with Crippen molar-refractivity contribution < 1.29 is 14.5 Å². The van der Waals surface area contributed by atoms with E-state index in [9.17, 15) is 14.9 Å². The number of hydrogen-bond donors (Lipinski definition) is 2. The lowest BCUT2D eigenvalue weighted by Gasteiger charge is -2.12. The van der Waals surface area contributed by atoms with Gasteiger partial charge >= 0.3 is 0 Å². The molecular weight excluding hydrogens is 276 g/mol. The molecule has 1 amide bonds. The number of fused-ring (bicyclic) bond motifs is 1. The summed E-state index contributed by atoms with van der Waals surface area (Å²) in [6.07, 6.45) is 0.687. The molecule has 8 nitrogen and oxygen atoms in total. The topological polar surface area (TPSA) is 110 Å². The number of amides is 1. The zero-order chi connectivity index (χ0) is 14.8. The highest BCUT2D eigenvalue weighted by atomic mass is 16.6. The standard InChI is InChI=1S/C13H12N4O4/c18-13(12-10-7-21-5-4-11(10)15-16-12)14-8-2-1-3-9(6-8)17(19)20/h1-3,6H,4-5,7H2,(H,14,18)(H,15,16). The highest BCUT2D eigenvalue weighted by Gasteiger charge is 2.22. The minimum Gasteiger partial charge on any atom is -0.376 e. The molecule has 8 heteroatoms. The number of rotatable bonds is 3. The lowest BCUT2D eigenvalue weighted by atomic mass is 10.1. The van der Waals surface area contributed by atoms with E-state index in [4.69, 9.17) is 4.74 Å². The van der Waals surface area contributed by atoms with E-state index in [-0.39, 0.29) is 11.4 Å². The maximum atomic E-state index is 12.2. The van der Waals surface area contributed by atoms with E-state index in [1.807, 2.05) is 0 Å². The molecule has 0 aliphatic carbocycles. The zero-order valence-corrected chi connectivity index (χ0v) is 11.0. The van der Waals surface area contributed by atoms with Gasteiger partial charge in [-0.3, -0.25) is 20.0 Å². The second kappa shape index (κ2) is 5.33. The summed E-state index contributed by atoms with van der Waals surface area (Å²) in [6.45, 7) is 0.935. The van der Waals surface area contributed by atoms with Crippen LogP contribution in [0.15, 0.2) is 24.3 Å². The average Bonchev–Trinajstić information content (AvgIpc) is 2.91. The van der Waals surface area contributed by atoms with Crippen molar-refractivity contribution in [1.29, 1.82) is 0 Å². The smallest absolute Gasteiger partial charge is 0.276 e. The lowest BCUT2D eigenvalue weighted by molar-refractivity contribution is -0.384. The number of carbonyl (C=O) groups excluding carboxylic acids is 1. The van der Waals surface area contributed by atoms with Gasteiger partial charge in [-0.1, -0.05) is 6.07 Å². The first kappa shape index (κ1) is 13.3. The van der Waals surface area contributed by atoms with Crippen molar-refractivity contribution in [3.05, 3.63) is 51.3 Å². The highest BCUT2D eigenvalue weighted by Crippen LogP contribution is 2.21. The van der Waals surface area contributed by atoms with Gasteiger partial charge in [-0.05, 0) is 6.07 Å². The molecule has 2 heterocycles. The number of ether oxygens (including phenoxy) is 1. The van der Waals surface area contributed by atoms with Crippen molar-refractivity contribution in [3.63, 3.8) is 0 Å². The molecule has 3 rings (SSSR count). The highest BCUT2D eigenvalue weighted by molar-refractivity contribution is 6.04. The molecule has 0 unspecified atom stereocenters. The first-order chi connectivity index (χ1) is 10.1. The Hall–Kier alpha value is -2.74. The molecule has 0 bridgehead atoms. The lowest BCUT2D eigenvalue weighted by Crippen LogP contribution is -2.17. The Labute approximate surface area is 119 Å². The molecule has 1 aliphatic heterocycles. The van der Waals surface area contributed by atoms with E-state index in [1.165, 1.54) is 18.2 Å². The van der Waals surface area contributed by atoms with Crippen LogP contribution in [0.4, 0.5) is 11.4 Å². The fourth-order valence-electron chi connectivity index (χ4n) is 2.19. The number of H-pyrrole nitrogens is 1. The van der Waals surface area contributed by atoms with Crippen LogP contribution in [0.2, 0.25) is 0 Å². The molecule has 0 fully saturated rings. The quantitative estimate of drug-likeness (QED) is 0.659. The van der Waals surface area contributed by atoms with E-state index < -0.39 is 10.8 Å². The number of nitrogens with one attached hydrogen (secondary N) is 2. The van der Waals surface area contributed by atoms with Gasteiger partial charge in [-0.25, -0.2) is 0 Å². The van der Waals surface area contributed by atoms with E-state index in [1.54, 1.807) is 6.07 Å². The van der Waals surface area contributed by atoms with Gasteiger partial charge in [0.1, 0.15) is 0 Å². The Morgan fingerprint density at radius 2 is 2.33 bits per heavy atom. The van der Waals surface area contributed by atoms with Gasteiger partial charge in [-0.15, -0.1) is 0 Å². The summed E-state index contributed by atoms with van der Waals surface area (Å²) in [5.41, 5.74) is 2.16. The predicted octanol–water partition coefficient (Wildman–Crippen LogP) is 1.64. The SMILES string of the molecule is O=C(Nc1cccc([N+](=O)[O-])c1)c1n[nH]c2c1COCC2. The first-order valence-corrected chi connectivity index (χ1v) is 6.35. The molecule has 2 aromatic rings. The summed E-state index contributed by atoms with van der Waals surface area (Å²) in [7, 11) is 0. The number of nitro benzene ring substituents is 1. The van der Waals surface area contributed by atoms with Gasteiger partial charge in [0.2, 0.25) is 0 Å². The maximum Gasteiger partial charge on any atom is 0.276 e. The van der Waals surface area contributed by atoms with Gasteiger partial charge in [0.15, 0.2) is 5.69 Å². The maximum absolute atomic E-state index is 12.2. The summed E-state index contributed by atoms with van der Waals surface area (Å²) in [5.74, 6) is -0.418. The van der Waals surface area contributed by atoms with Crippen molar-refractivity contribution in [2.75, 3.05) is 11.9 Å². The molecular formula is C13H12N4O4. The number of anilines is 1. The van der Waals surface area contributed by atoms with Crippen LogP contribution in [0, 0.1) is 10.1 Å². The van der Waals surface area contributed by atoms with Gasteiger partial charge in [-0.2, -0.15) is 5.10 Å². The summed E-state index contributed by atoms with van der Waals surface area (Å²) >= 11 is 0. The molecule has 1 aromatic heterocycles. The molecule has 0 radical (unpaired) electrons. The third-order valence-electron chi connectivity index (χ3n) is 3.23. The van der Waals surface area contributed by atoms with Crippen molar-refractivity contribution >= 4 is 17.3 Å². The Kier molecular flexibility index (Phi) is 3.36. The molecule has 1 aromatic carbocycles. The van der Waals surface area contributed by atoms with Crippen LogP contribution in [-0.2, 0) is 17.8 Å². The Bertz CT molecular complexity index is 710. The molecule has 21 heavy (non-hydrogen) atoms. The molecule has 0 saturated heterocycles. The Balaban J connectivity index is 1.82. The number of carbonyl (C=O) groups is 1. The Morgan fingerprint density at radius 1 is 1.48 bits per heavy atom. The number of non-ortho nitro benzene ring substituents is 1. The van der Waals surface area contributed by atoms with Crippen LogP contribution in [0.5, 0.6) is 0 Å². The number of nitro groups is 1. The van der Waals surface area contributed by atoms with Gasteiger partial charge in [0.25, 0.3) is 11.6 Å². The summed E-state index contributed by atoms with van der Waals surface area (Å²) in [4.78, 5) is 22.4. The van der Waals surface area contributed by atoms with E-state index in [0.717, 1.165) is 11.3 Å². The van der Waals surface area contributed by atoms with Crippen LogP contribution in [0.3, 0.4) is 0 Å². The van der Waals surface area contributed by atoms with E-state index in [2.05, 4.69) is 15.5 Å². The predicted molar refractivity (Wildman–Crippen MR) is 73.0 cm³/mol. The van der Waals surface area contributed by atoms with Crippen molar-refractivity contribution in [2.24, 2.45) is 0 Å². The molecule has 0 atom stereocenters. The largest absolute Gasteiger partial charge is 0.376 e. The number of benzene rings is 1. The van der Waals surface area contributed by atoms with Crippen molar-refractivity contribution in [1.82, 2.24) is 10.2 Å². The second-order valence-electron chi connectivity index (χ2n) is 4.59. The number of aromatic nitrogens is 2. The minimum absolute atomic E-state index is 0.0832. The summed E-state index contributed by atoms with van der Waals surface area (Å²) in [5, 5.41) is 20.2. The van der Waals surface area contributed by atoms with Crippen LogP contribution in [0.1, 0.15) is 21.7 Å². The molecule has 2 N–H and O–H groups in total. The molecule has 1 aliphatic rings. The van der Waals surface area contributed by atoms with Crippen molar-refractivity contribution in [2.45, 2.75) is 13.0 Å². The van der Waals surface area contributed by atoms with Crippen LogP contribution < -0.4 is 5.32 Å². The Morgan fingerprint density at radius 3 is 3.14 bits per heavy atom. The third-order valence-corrected chi connectivity index (χ3v) is 3.23. The van der Waals surface area contributed by atoms with Crippen molar-refractivity contribution in [3.8, 4) is 0 Å². The normalized spacial score (nSPS) is 13.5. The number of hydrogen-bond acceptors (Lipinski definition) is 5. The third kappa shape index (κ3) is 2.61. The minimum atomic E-state index is -0.514.